The van der Waals surface area contributed by atoms with Crippen LogP contribution in [0.4, 0.5) is 0 Å². The van der Waals surface area contributed by atoms with Crippen molar-refractivity contribution < 1.29 is 13.3 Å². The highest BCUT2D eigenvalue weighted by Gasteiger charge is 2.56. The Balaban J connectivity index is 0.00000210. The number of aryl methyl sites for hydroxylation is 1. The lowest BCUT2D eigenvalue weighted by Gasteiger charge is -2.25. The number of halogens is 1. The minimum absolute atomic E-state index is 0. The summed E-state index contributed by atoms with van der Waals surface area (Å²) in [5.74, 6) is 0.576. The number of benzene rings is 1. The molecule has 0 fully saturated rings. The zero-order valence-electron chi connectivity index (χ0n) is 14.1. The first-order chi connectivity index (χ1) is 12.3. The van der Waals surface area contributed by atoms with Crippen molar-refractivity contribution in [2.45, 2.75) is 23.1 Å². The fourth-order valence-corrected chi connectivity index (χ4v) is 5.17. The van der Waals surface area contributed by atoms with Gasteiger partial charge >= 0.3 is 4.87 Å². The number of hydrogen-bond donors (Lipinski definition) is 1. The number of hydrogen-bond acceptors (Lipinski definition) is 6. The number of sulfone groups is 1. The molecular weight excluding hydrogens is 392 g/mol. The van der Waals surface area contributed by atoms with Gasteiger partial charge in [-0.25, -0.2) is 13.4 Å². The van der Waals surface area contributed by atoms with Gasteiger partial charge in [0, 0.05) is 34.2 Å². The Bertz CT molecular complexity index is 1180. The third kappa shape index (κ3) is 2.70. The number of rotatable bonds is 3. The fourth-order valence-electron chi connectivity index (χ4n) is 3.28. The van der Waals surface area contributed by atoms with E-state index in [1.54, 1.807) is 25.1 Å². The predicted octanol–water partition coefficient (Wildman–Crippen LogP) is 2.70. The van der Waals surface area contributed by atoms with Crippen molar-refractivity contribution in [3.63, 3.8) is 0 Å². The van der Waals surface area contributed by atoms with Gasteiger partial charge in [-0.05, 0) is 25.1 Å². The highest BCUT2D eigenvalue weighted by atomic mass is 35.5. The van der Waals surface area contributed by atoms with Crippen LogP contribution in [0.3, 0.4) is 0 Å². The van der Waals surface area contributed by atoms with Crippen LogP contribution < -0.4 is 0 Å². The van der Waals surface area contributed by atoms with E-state index < -0.39 is 19.6 Å². The highest BCUT2D eigenvalue weighted by Crippen LogP contribution is 2.38. The van der Waals surface area contributed by atoms with E-state index in [1.165, 1.54) is 24.5 Å². The summed E-state index contributed by atoms with van der Waals surface area (Å²) in [7, 11) is -4.34. The van der Waals surface area contributed by atoms with Gasteiger partial charge in [-0.15, -0.1) is 12.4 Å². The molecule has 3 aromatic rings. The van der Waals surface area contributed by atoms with Gasteiger partial charge in [-0.3, -0.25) is 15.1 Å². The van der Waals surface area contributed by atoms with Gasteiger partial charge in [-0.2, -0.15) is 0 Å². The minimum Gasteiger partial charge on any atom is -0.345 e. The molecule has 0 amide bonds. The zero-order valence-corrected chi connectivity index (χ0v) is 15.8. The first-order valence-electron chi connectivity index (χ1n) is 7.82. The van der Waals surface area contributed by atoms with Crippen LogP contribution in [0, 0.1) is 17.0 Å². The van der Waals surface area contributed by atoms with Crippen molar-refractivity contribution in [1.29, 1.82) is 0 Å². The van der Waals surface area contributed by atoms with Crippen molar-refractivity contribution >= 4 is 39.1 Å². The van der Waals surface area contributed by atoms with Crippen molar-refractivity contribution in [3.05, 3.63) is 70.1 Å². The molecule has 10 heteroatoms. The highest BCUT2D eigenvalue weighted by molar-refractivity contribution is 7.93. The molecule has 27 heavy (non-hydrogen) atoms. The number of nitro groups is 1. The van der Waals surface area contributed by atoms with E-state index in [2.05, 4.69) is 15.0 Å². The summed E-state index contributed by atoms with van der Waals surface area (Å²) in [6.07, 6.45) is 5.21. The molecule has 0 saturated heterocycles. The standard InChI is InChI=1S/C17H14N4O4S.ClH/c1-11-19-14-5-7-17(21(22)23,9-15(14)20-11)26(24,25)16-4-2-3-12-10-18-8-6-13(12)16;/h2-8,10H,9H2,1H3,(H,19,20);1H. The van der Waals surface area contributed by atoms with Gasteiger partial charge in [0.15, 0.2) is 0 Å². The molecule has 1 aliphatic rings. The van der Waals surface area contributed by atoms with Gasteiger partial charge in [0.1, 0.15) is 5.82 Å². The molecule has 1 aromatic carbocycles. The van der Waals surface area contributed by atoms with Crippen molar-refractivity contribution in [2.75, 3.05) is 0 Å². The molecule has 0 radical (unpaired) electrons. The van der Waals surface area contributed by atoms with Gasteiger partial charge in [0.2, 0.25) is 0 Å². The van der Waals surface area contributed by atoms with Crippen LogP contribution in [0.25, 0.3) is 16.8 Å². The molecule has 2 aromatic heterocycles. The Morgan fingerprint density at radius 2 is 2.07 bits per heavy atom. The van der Waals surface area contributed by atoms with E-state index in [1.807, 2.05) is 0 Å². The Morgan fingerprint density at radius 1 is 1.30 bits per heavy atom. The Hall–Kier alpha value is -2.78. The van der Waals surface area contributed by atoms with E-state index in [-0.39, 0.29) is 23.7 Å². The van der Waals surface area contributed by atoms with E-state index in [4.69, 9.17) is 0 Å². The smallest absolute Gasteiger partial charge is 0.345 e. The molecule has 0 bridgehead atoms. The molecule has 1 aliphatic carbocycles. The zero-order chi connectivity index (χ0) is 18.5. The van der Waals surface area contributed by atoms with Crippen LogP contribution in [0.15, 0.2) is 47.6 Å². The van der Waals surface area contributed by atoms with Gasteiger partial charge in [-0.1, -0.05) is 12.1 Å². The lowest BCUT2D eigenvalue weighted by Crippen LogP contribution is -2.47. The first-order valence-corrected chi connectivity index (χ1v) is 9.30. The number of pyridine rings is 1. The Morgan fingerprint density at radius 3 is 2.81 bits per heavy atom. The summed E-state index contributed by atoms with van der Waals surface area (Å²) < 4.78 is 26.9. The third-order valence-electron chi connectivity index (χ3n) is 4.57. The summed E-state index contributed by atoms with van der Waals surface area (Å²) in [5, 5.41) is 13.0. The number of fused-ring (bicyclic) bond motifs is 2. The van der Waals surface area contributed by atoms with Crippen LogP contribution in [0.2, 0.25) is 0 Å². The van der Waals surface area contributed by atoms with E-state index in [0.29, 0.717) is 28.0 Å². The maximum absolute atomic E-state index is 13.4. The predicted molar refractivity (Wildman–Crippen MR) is 102 cm³/mol. The van der Waals surface area contributed by atoms with E-state index in [0.717, 1.165) is 6.08 Å². The molecule has 8 nitrogen and oxygen atoms in total. The number of nitrogens with zero attached hydrogens (tertiary/aromatic N) is 3. The van der Waals surface area contributed by atoms with Gasteiger partial charge in [0.05, 0.1) is 22.7 Å². The summed E-state index contributed by atoms with van der Waals surface area (Å²) in [5.41, 5.74) is 0.962. The fraction of sp³-hybridized carbons (Fsp3) is 0.176. The topological polar surface area (TPSA) is 119 Å². The second-order valence-corrected chi connectivity index (χ2v) is 8.31. The molecule has 0 aliphatic heterocycles. The Labute approximate surface area is 160 Å². The maximum atomic E-state index is 13.4. The van der Waals surface area contributed by atoms with Crippen LogP contribution in [0.5, 0.6) is 0 Å². The molecule has 1 unspecified atom stereocenters. The SMILES string of the molecule is Cc1nc2c([nH]1)CC([N+](=O)[O-])(S(=O)(=O)c1cccc3cnccc13)C=C2.Cl. The molecule has 1 N–H and O–H groups in total. The van der Waals surface area contributed by atoms with E-state index >= 15 is 0 Å². The number of imidazole rings is 1. The lowest BCUT2D eigenvalue weighted by molar-refractivity contribution is -0.526. The number of aromatic amines is 1. The van der Waals surface area contributed by atoms with Crippen molar-refractivity contribution in [3.8, 4) is 0 Å². The van der Waals surface area contributed by atoms with E-state index in [9.17, 15) is 18.5 Å². The average Bonchev–Trinajstić information content (AvgIpc) is 2.99. The summed E-state index contributed by atoms with van der Waals surface area (Å²) in [6, 6.07) is 6.22. The number of H-pyrrole nitrogens is 1. The second-order valence-electron chi connectivity index (χ2n) is 6.15. The average molecular weight is 407 g/mol. The maximum Gasteiger partial charge on any atom is 0.347 e. The minimum atomic E-state index is -4.34. The summed E-state index contributed by atoms with van der Waals surface area (Å²) >= 11 is 0. The van der Waals surface area contributed by atoms with Crippen LogP contribution in [0.1, 0.15) is 17.2 Å². The lowest BCUT2D eigenvalue weighted by atomic mass is 10.0. The van der Waals surface area contributed by atoms with Crippen LogP contribution in [-0.4, -0.2) is 33.2 Å². The third-order valence-corrected chi connectivity index (χ3v) is 6.86. The molecule has 2 heterocycles. The summed E-state index contributed by atoms with van der Waals surface area (Å²) in [6.45, 7) is 1.71. The van der Waals surface area contributed by atoms with Gasteiger partial charge < -0.3 is 4.98 Å². The number of aromatic nitrogens is 3. The molecule has 140 valence electrons. The van der Waals surface area contributed by atoms with Crippen LogP contribution in [-0.2, 0) is 16.3 Å². The first kappa shape index (κ1) is 19.0. The molecule has 0 spiro atoms. The quantitative estimate of drug-likeness (QED) is 0.527. The summed E-state index contributed by atoms with van der Waals surface area (Å²) in [4.78, 5) is 20.0. The molecule has 4 rings (SSSR count). The molecule has 0 saturated carbocycles. The van der Waals surface area contributed by atoms with Crippen molar-refractivity contribution in [2.24, 2.45) is 0 Å². The second kappa shape index (κ2) is 6.43. The largest absolute Gasteiger partial charge is 0.347 e. The monoisotopic (exact) mass is 406 g/mol. The molecular formula is C17H15ClN4O4S. The Kier molecular flexibility index (Phi) is 4.52. The molecule has 1 atom stereocenters. The van der Waals surface area contributed by atoms with Gasteiger partial charge in [0.25, 0.3) is 9.84 Å². The normalized spacial score (nSPS) is 18.7. The number of nitrogens with one attached hydrogen (secondary N) is 1. The van der Waals surface area contributed by atoms with Crippen molar-refractivity contribution in [1.82, 2.24) is 15.0 Å². The van der Waals surface area contributed by atoms with Crippen LogP contribution >= 0.6 is 12.4 Å².